The number of rotatable bonds is 0. The van der Waals surface area contributed by atoms with Crippen molar-refractivity contribution in [2.75, 3.05) is 0 Å². The summed E-state index contributed by atoms with van der Waals surface area (Å²) in [5, 5.41) is 0. The number of hydrogen-bond acceptors (Lipinski definition) is 1. The maximum absolute atomic E-state index is 10.1. The third-order valence-corrected chi connectivity index (χ3v) is 0.873. The van der Waals surface area contributed by atoms with Crippen LogP contribution in [0.5, 0.6) is 0 Å². The van der Waals surface area contributed by atoms with E-state index in [1.54, 1.807) is 6.08 Å². The first kappa shape index (κ1) is 3.59. The van der Waals surface area contributed by atoms with Gasteiger partial charge in [-0.2, -0.15) is 0 Å². The van der Waals surface area contributed by atoms with E-state index in [1.165, 1.54) is 0 Å². The van der Waals surface area contributed by atoms with Crippen LogP contribution in [0, 0.1) is 5.92 Å². The summed E-state index contributed by atoms with van der Waals surface area (Å²) in [5.41, 5.74) is 0. The quantitative estimate of drug-likeness (QED) is 0.420. The topological polar surface area (TPSA) is 17.1 Å². The first-order valence-corrected chi connectivity index (χ1v) is 1.86. The molecule has 31 valence electrons. The molecule has 0 atom stereocenters. The second-order valence-corrected chi connectivity index (χ2v) is 1.38. The summed E-state index contributed by atoms with van der Waals surface area (Å²) in [4.78, 5) is 10.1. The van der Waals surface area contributed by atoms with Gasteiger partial charge in [-0.05, 0) is 13.0 Å². The van der Waals surface area contributed by atoms with Crippen LogP contribution in [-0.2, 0) is 4.79 Å². The summed E-state index contributed by atoms with van der Waals surface area (Å²) in [5.74, 6) is 1.05. The Morgan fingerprint density at radius 3 is 2.00 bits per heavy atom. The molecule has 1 rings (SSSR count). The Kier molecular flexibility index (Phi) is 0.560. The van der Waals surface area contributed by atoms with Gasteiger partial charge >= 0.3 is 0 Å². The second-order valence-electron chi connectivity index (χ2n) is 1.38. The summed E-state index contributed by atoms with van der Waals surface area (Å²) < 4.78 is 0. The highest BCUT2D eigenvalue weighted by Crippen LogP contribution is 2.11. The standard InChI is InChI=1S/C5H5O/c1-4-2-3-5(4)6/h2-3H,1H3. The van der Waals surface area contributed by atoms with E-state index in [1.807, 2.05) is 13.0 Å². The highest BCUT2D eigenvalue weighted by molar-refractivity contribution is 6.09. The first-order chi connectivity index (χ1) is 2.80. The van der Waals surface area contributed by atoms with Gasteiger partial charge in [0.2, 0.25) is 0 Å². The smallest absolute Gasteiger partial charge is 0.166 e. The van der Waals surface area contributed by atoms with Gasteiger partial charge in [0.1, 0.15) is 0 Å². The largest absolute Gasteiger partial charge is 0.294 e. The van der Waals surface area contributed by atoms with Crippen LogP contribution >= 0.6 is 0 Å². The molecule has 6 heavy (non-hydrogen) atoms. The van der Waals surface area contributed by atoms with Crippen molar-refractivity contribution in [1.29, 1.82) is 0 Å². The second kappa shape index (κ2) is 0.934. The molecule has 0 aromatic carbocycles. The summed E-state index contributed by atoms with van der Waals surface area (Å²) in [6.45, 7) is 1.81. The van der Waals surface area contributed by atoms with Crippen LogP contribution in [0.1, 0.15) is 6.92 Å². The van der Waals surface area contributed by atoms with Gasteiger partial charge in [-0.25, -0.2) is 0 Å². The van der Waals surface area contributed by atoms with Gasteiger partial charge in [-0.3, -0.25) is 4.79 Å². The molecule has 1 radical (unpaired) electrons. The zero-order valence-corrected chi connectivity index (χ0v) is 3.56. The maximum Gasteiger partial charge on any atom is 0.166 e. The highest BCUT2D eigenvalue weighted by Gasteiger charge is 2.13. The van der Waals surface area contributed by atoms with Crippen molar-refractivity contribution in [2.24, 2.45) is 0 Å². The molecule has 0 amide bonds. The van der Waals surface area contributed by atoms with Gasteiger partial charge in [-0.1, -0.05) is 6.08 Å². The third kappa shape index (κ3) is 0.280. The first-order valence-electron chi connectivity index (χ1n) is 1.86. The van der Waals surface area contributed by atoms with E-state index in [0.717, 1.165) is 5.92 Å². The number of hydrogen-bond donors (Lipinski definition) is 0. The Balaban J connectivity index is 2.67. The van der Waals surface area contributed by atoms with Crippen molar-refractivity contribution < 1.29 is 4.79 Å². The fourth-order valence-electron chi connectivity index (χ4n) is 0.318. The Bertz CT molecular complexity index is 103. The van der Waals surface area contributed by atoms with Crippen molar-refractivity contribution in [3.63, 3.8) is 0 Å². The number of carbonyl (C=O) groups is 1. The molecule has 1 heteroatoms. The van der Waals surface area contributed by atoms with Crippen LogP contribution in [0.4, 0.5) is 0 Å². The Morgan fingerprint density at radius 2 is 2.00 bits per heavy atom. The van der Waals surface area contributed by atoms with E-state index in [-0.39, 0.29) is 5.78 Å². The predicted molar refractivity (Wildman–Crippen MR) is 23.1 cm³/mol. The fraction of sp³-hybridized carbons (Fsp3) is 0.200. The molecule has 0 aromatic heterocycles. The normalized spacial score (nSPS) is 21.2. The molecule has 1 nitrogen and oxygen atoms in total. The average molecular weight is 81.1 g/mol. The van der Waals surface area contributed by atoms with Crippen molar-refractivity contribution in [3.8, 4) is 0 Å². The average Bonchev–Trinajstić information content (AvgIpc) is 1.61. The molecule has 0 aromatic rings. The zero-order valence-electron chi connectivity index (χ0n) is 3.56. The highest BCUT2D eigenvalue weighted by atomic mass is 16.1. The van der Waals surface area contributed by atoms with Gasteiger partial charge in [0.25, 0.3) is 0 Å². The monoisotopic (exact) mass is 81.0 g/mol. The molecule has 1 aliphatic carbocycles. The van der Waals surface area contributed by atoms with Crippen molar-refractivity contribution in [1.82, 2.24) is 0 Å². The maximum atomic E-state index is 10.1. The van der Waals surface area contributed by atoms with Crippen molar-refractivity contribution in [3.05, 3.63) is 18.1 Å². The molecule has 0 heterocycles. The van der Waals surface area contributed by atoms with E-state index >= 15 is 0 Å². The van der Waals surface area contributed by atoms with Crippen LogP contribution < -0.4 is 0 Å². The minimum atomic E-state index is 0.176. The summed E-state index contributed by atoms with van der Waals surface area (Å²) >= 11 is 0. The summed E-state index contributed by atoms with van der Waals surface area (Å²) in [6, 6.07) is 0. The van der Waals surface area contributed by atoms with Crippen molar-refractivity contribution >= 4 is 5.78 Å². The summed E-state index contributed by atoms with van der Waals surface area (Å²) in [6.07, 6.45) is 3.37. The Labute approximate surface area is 36.7 Å². The molecule has 0 N–H and O–H groups in total. The fourth-order valence-corrected chi connectivity index (χ4v) is 0.318. The number of carbonyl (C=O) groups excluding carboxylic acids is 1. The lowest BCUT2D eigenvalue weighted by atomic mass is 9.96. The predicted octanol–water partition coefficient (Wildman–Crippen LogP) is 0.720. The summed E-state index contributed by atoms with van der Waals surface area (Å²) in [7, 11) is 0. The van der Waals surface area contributed by atoms with Gasteiger partial charge in [-0.15, -0.1) is 0 Å². The lowest BCUT2D eigenvalue weighted by molar-refractivity contribution is -0.113. The van der Waals surface area contributed by atoms with Crippen LogP contribution in [-0.4, -0.2) is 5.78 Å². The van der Waals surface area contributed by atoms with Gasteiger partial charge in [0, 0.05) is 0 Å². The van der Waals surface area contributed by atoms with E-state index in [2.05, 4.69) is 0 Å². The molecule has 0 aliphatic heterocycles. The molecule has 0 bridgehead atoms. The van der Waals surface area contributed by atoms with Crippen LogP contribution in [0.15, 0.2) is 12.2 Å². The molecule has 0 saturated carbocycles. The Hall–Kier alpha value is -0.590. The Morgan fingerprint density at radius 1 is 1.50 bits per heavy atom. The lowest BCUT2D eigenvalue weighted by Crippen LogP contribution is -2.10. The third-order valence-electron chi connectivity index (χ3n) is 0.873. The SMILES string of the molecule is C[C]1C=CC1=O. The zero-order chi connectivity index (χ0) is 4.57. The number of ketones is 1. The molecular weight excluding hydrogens is 76.1 g/mol. The van der Waals surface area contributed by atoms with E-state index in [0.29, 0.717) is 0 Å². The molecule has 0 saturated heterocycles. The van der Waals surface area contributed by atoms with E-state index in [4.69, 9.17) is 0 Å². The molecule has 1 aliphatic rings. The molecule has 0 unspecified atom stereocenters. The van der Waals surface area contributed by atoms with E-state index in [9.17, 15) is 4.79 Å². The van der Waals surface area contributed by atoms with Gasteiger partial charge in [0.15, 0.2) is 5.78 Å². The van der Waals surface area contributed by atoms with Crippen molar-refractivity contribution in [2.45, 2.75) is 6.92 Å². The minimum Gasteiger partial charge on any atom is -0.294 e. The molecular formula is C5H5O. The minimum absolute atomic E-state index is 0.176. The van der Waals surface area contributed by atoms with Crippen LogP contribution in [0.2, 0.25) is 0 Å². The van der Waals surface area contributed by atoms with Gasteiger partial charge < -0.3 is 0 Å². The van der Waals surface area contributed by atoms with Crippen LogP contribution in [0.3, 0.4) is 0 Å². The lowest BCUT2D eigenvalue weighted by Gasteiger charge is -2.05. The van der Waals surface area contributed by atoms with E-state index < -0.39 is 0 Å². The number of allylic oxidation sites excluding steroid dienone is 2. The van der Waals surface area contributed by atoms with Crippen LogP contribution in [0.25, 0.3) is 0 Å². The van der Waals surface area contributed by atoms with Gasteiger partial charge in [0.05, 0.1) is 5.92 Å². The molecule has 0 spiro atoms. The molecule has 0 fully saturated rings.